The largest absolute Gasteiger partial charge is 0.330 e. The van der Waals surface area contributed by atoms with Crippen LogP contribution in [0.4, 0.5) is 5.69 Å². The zero-order valence-corrected chi connectivity index (χ0v) is 16.1. The molecule has 5 rings (SSSR count). The second kappa shape index (κ2) is 5.91. The maximum absolute atomic E-state index is 12.3. The molecule has 0 radical (unpaired) electrons. The number of aromatic nitrogens is 3. The summed E-state index contributed by atoms with van der Waals surface area (Å²) < 4.78 is 2.08. The van der Waals surface area contributed by atoms with Crippen molar-refractivity contribution < 1.29 is 4.79 Å². The molecule has 1 aliphatic carbocycles. The lowest BCUT2D eigenvalue weighted by atomic mass is 10.0. The average molecular weight is 360 g/mol. The summed E-state index contributed by atoms with van der Waals surface area (Å²) in [5, 5.41) is 1.21. The van der Waals surface area contributed by atoms with Crippen LogP contribution < -0.4 is 4.90 Å². The van der Waals surface area contributed by atoms with E-state index >= 15 is 0 Å². The molecule has 2 aromatic heterocycles. The number of anilines is 1. The minimum atomic E-state index is 0.211. The van der Waals surface area contributed by atoms with Crippen LogP contribution in [0, 0.1) is 6.92 Å². The quantitative estimate of drug-likeness (QED) is 0.698. The molecule has 0 spiro atoms. The number of rotatable bonds is 3. The lowest BCUT2D eigenvalue weighted by Gasteiger charge is -2.22. The van der Waals surface area contributed by atoms with E-state index in [2.05, 4.69) is 40.7 Å². The standard InChI is InChI=1S/C22H24N4O/c1-13-4-9-22(27)26(13)16-7-8-17-18(15-5-6-15)11-20(24-19(17)10-16)21-12-23-14(2)25(21)3/h7-8,10-13,15H,4-6,9H2,1-3H3. The molecular weight excluding hydrogens is 336 g/mol. The van der Waals surface area contributed by atoms with Gasteiger partial charge < -0.3 is 9.47 Å². The van der Waals surface area contributed by atoms with Gasteiger partial charge in [0.2, 0.25) is 5.91 Å². The highest BCUT2D eigenvalue weighted by Gasteiger charge is 2.30. The van der Waals surface area contributed by atoms with Gasteiger partial charge in [0.25, 0.3) is 0 Å². The molecule has 1 unspecified atom stereocenters. The van der Waals surface area contributed by atoms with Crippen LogP contribution in [0.25, 0.3) is 22.3 Å². The molecule has 1 saturated carbocycles. The van der Waals surface area contributed by atoms with Crippen molar-refractivity contribution in [2.45, 2.75) is 51.5 Å². The third kappa shape index (κ3) is 2.64. The van der Waals surface area contributed by atoms with Crippen molar-refractivity contribution in [3.63, 3.8) is 0 Å². The molecule has 2 fully saturated rings. The van der Waals surface area contributed by atoms with Gasteiger partial charge in [0, 0.05) is 30.6 Å². The number of carbonyl (C=O) groups excluding carboxylic acids is 1. The molecule has 1 atom stereocenters. The van der Waals surface area contributed by atoms with Crippen molar-refractivity contribution in [3.05, 3.63) is 41.9 Å². The molecule has 5 heteroatoms. The summed E-state index contributed by atoms with van der Waals surface area (Å²) >= 11 is 0. The maximum atomic E-state index is 12.3. The molecule has 27 heavy (non-hydrogen) atoms. The number of benzene rings is 1. The molecule has 0 N–H and O–H groups in total. The van der Waals surface area contributed by atoms with Crippen LogP contribution in [-0.4, -0.2) is 26.5 Å². The fourth-order valence-electron chi connectivity index (χ4n) is 4.22. The van der Waals surface area contributed by atoms with Crippen LogP contribution in [0.15, 0.2) is 30.5 Å². The minimum Gasteiger partial charge on any atom is -0.330 e. The van der Waals surface area contributed by atoms with Gasteiger partial charge in [-0.2, -0.15) is 0 Å². The van der Waals surface area contributed by atoms with Gasteiger partial charge in [0.1, 0.15) is 5.82 Å². The SMILES string of the molecule is Cc1ncc(-c2cc(C3CC3)c3ccc(N4C(=O)CCC4C)cc3n2)n1C. The van der Waals surface area contributed by atoms with E-state index in [4.69, 9.17) is 4.98 Å². The molecule has 2 aliphatic rings. The molecule has 0 bridgehead atoms. The molecule has 1 aliphatic heterocycles. The second-order valence-electron chi connectivity index (χ2n) is 7.97. The molecule has 1 aromatic carbocycles. The van der Waals surface area contributed by atoms with E-state index < -0.39 is 0 Å². The predicted molar refractivity (Wildman–Crippen MR) is 107 cm³/mol. The number of pyridine rings is 1. The van der Waals surface area contributed by atoms with Crippen molar-refractivity contribution in [1.29, 1.82) is 0 Å². The molecular formula is C22H24N4O. The summed E-state index contributed by atoms with van der Waals surface area (Å²) in [6, 6.07) is 8.82. The highest BCUT2D eigenvalue weighted by atomic mass is 16.2. The zero-order valence-electron chi connectivity index (χ0n) is 16.1. The van der Waals surface area contributed by atoms with Gasteiger partial charge in [-0.25, -0.2) is 9.97 Å². The average Bonchev–Trinajstić information content (AvgIpc) is 3.38. The van der Waals surface area contributed by atoms with Gasteiger partial charge >= 0.3 is 0 Å². The Kier molecular flexibility index (Phi) is 3.61. The fourth-order valence-corrected chi connectivity index (χ4v) is 4.22. The number of hydrogen-bond donors (Lipinski definition) is 0. The van der Waals surface area contributed by atoms with Crippen LogP contribution in [0.2, 0.25) is 0 Å². The first kappa shape index (κ1) is 16.5. The van der Waals surface area contributed by atoms with E-state index in [1.807, 2.05) is 25.1 Å². The third-order valence-corrected chi connectivity index (χ3v) is 6.09. The summed E-state index contributed by atoms with van der Waals surface area (Å²) in [5.41, 5.74) is 5.31. The summed E-state index contributed by atoms with van der Waals surface area (Å²) in [6.07, 6.45) is 5.94. The van der Waals surface area contributed by atoms with Crippen LogP contribution >= 0.6 is 0 Å². The summed E-state index contributed by atoms with van der Waals surface area (Å²) in [4.78, 5) is 23.7. The van der Waals surface area contributed by atoms with Gasteiger partial charge in [-0.3, -0.25) is 4.79 Å². The van der Waals surface area contributed by atoms with E-state index in [1.54, 1.807) is 0 Å². The Balaban J connectivity index is 1.69. The van der Waals surface area contributed by atoms with E-state index in [0.29, 0.717) is 12.3 Å². The van der Waals surface area contributed by atoms with Crippen molar-refractivity contribution in [2.75, 3.05) is 4.90 Å². The highest BCUT2D eigenvalue weighted by molar-refractivity contribution is 5.98. The lowest BCUT2D eigenvalue weighted by Crippen LogP contribution is -2.30. The Hall–Kier alpha value is -2.69. The molecule has 3 aromatic rings. The number of carbonyl (C=O) groups is 1. The number of aryl methyl sites for hydroxylation is 1. The first-order valence-electron chi connectivity index (χ1n) is 9.78. The molecule has 138 valence electrons. The molecule has 3 heterocycles. The molecule has 5 nitrogen and oxygen atoms in total. The van der Waals surface area contributed by atoms with Crippen molar-refractivity contribution in [2.24, 2.45) is 7.05 Å². The van der Waals surface area contributed by atoms with Crippen LogP contribution in [-0.2, 0) is 11.8 Å². The zero-order chi connectivity index (χ0) is 18.7. The number of nitrogens with zero attached hydrogens (tertiary/aromatic N) is 4. The smallest absolute Gasteiger partial charge is 0.227 e. The Labute approximate surface area is 159 Å². The summed E-state index contributed by atoms with van der Waals surface area (Å²) in [6.45, 7) is 4.12. The van der Waals surface area contributed by atoms with Crippen molar-refractivity contribution >= 4 is 22.5 Å². The van der Waals surface area contributed by atoms with E-state index in [9.17, 15) is 4.79 Å². The Bertz CT molecular complexity index is 1060. The van der Waals surface area contributed by atoms with Crippen LogP contribution in [0.1, 0.15) is 49.9 Å². The molecule has 1 saturated heterocycles. The number of amides is 1. The summed E-state index contributed by atoms with van der Waals surface area (Å²) in [5.74, 6) is 1.81. The van der Waals surface area contributed by atoms with Gasteiger partial charge in [-0.1, -0.05) is 6.07 Å². The van der Waals surface area contributed by atoms with Gasteiger partial charge in [0.05, 0.1) is 23.1 Å². The number of imidazole rings is 1. The highest BCUT2D eigenvalue weighted by Crippen LogP contribution is 2.44. The topological polar surface area (TPSA) is 51.0 Å². The lowest BCUT2D eigenvalue weighted by molar-refractivity contribution is -0.117. The van der Waals surface area contributed by atoms with E-state index in [-0.39, 0.29) is 11.9 Å². The van der Waals surface area contributed by atoms with Gasteiger partial charge in [-0.05, 0) is 62.8 Å². The first-order valence-corrected chi connectivity index (χ1v) is 9.78. The fraction of sp³-hybridized carbons (Fsp3) is 0.409. The monoisotopic (exact) mass is 360 g/mol. The Morgan fingerprint density at radius 1 is 1.15 bits per heavy atom. The van der Waals surface area contributed by atoms with Crippen molar-refractivity contribution in [1.82, 2.24) is 14.5 Å². The maximum Gasteiger partial charge on any atom is 0.227 e. The van der Waals surface area contributed by atoms with Crippen LogP contribution in [0.3, 0.4) is 0 Å². The van der Waals surface area contributed by atoms with Gasteiger partial charge in [-0.15, -0.1) is 0 Å². The Morgan fingerprint density at radius 3 is 2.59 bits per heavy atom. The van der Waals surface area contributed by atoms with E-state index in [0.717, 1.165) is 34.8 Å². The molecule has 1 amide bonds. The summed E-state index contributed by atoms with van der Waals surface area (Å²) in [7, 11) is 2.03. The van der Waals surface area contributed by atoms with Crippen molar-refractivity contribution in [3.8, 4) is 11.4 Å². The second-order valence-corrected chi connectivity index (χ2v) is 7.97. The number of hydrogen-bond acceptors (Lipinski definition) is 3. The third-order valence-electron chi connectivity index (χ3n) is 6.09. The van der Waals surface area contributed by atoms with Crippen LogP contribution in [0.5, 0.6) is 0 Å². The Morgan fingerprint density at radius 2 is 1.96 bits per heavy atom. The predicted octanol–water partition coefficient (Wildman–Crippen LogP) is 4.34. The number of fused-ring (bicyclic) bond motifs is 1. The minimum absolute atomic E-state index is 0.211. The first-order chi connectivity index (χ1) is 13.0. The normalized spacial score (nSPS) is 20.0. The van der Waals surface area contributed by atoms with E-state index in [1.165, 1.54) is 23.8 Å². The van der Waals surface area contributed by atoms with Gasteiger partial charge in [0.15, 0.2) is 0 Å².